The lowest BCUT2D eigenvalue weighted by Crippen LogP contribution is -1.94. The van der Waals surface area contributed by atoms with Gasteiger partial charge in [-0.1, -0.05) is 15.9 Å². The Balaban J connectivity index is 2.22. The van der Waals surface area contributed by atoms with Gasteiger partial charge in [0.05, 0.1) is 12.0 Å². The molecule has 0 aromatic heterocycles. The van der Waals surface area contributed by atoms with Gasteiger partial charge in [-0.25, -0.2) is 0 Å². The van der Waals surface area contributed by atoms with Gasteiger partial charge in [-0.3, -0.25) is 10.1 Å². The molecule has 0 radical (unpaired) electrons. The zero-order chi connectivity index (χ0) is 14.5. The number of nitro benzene ring substituents is 1. The highest BCUT2D eigenvalue weighted by molar-refractivity contribution is 9.08. The van der Waals surface area contributed by atoms with Crippen molar-refractivity contribution in [3.63, 3.8) is 0 Å². The van der Waals surface area contributed by atoms with Gasteiger partial charge in [0.2, 0.25) is 0 Å². The van der Waals surface area contributed by atoms with Crippen molar-refractivity contribution < 1.29 is 14.4 Å². The average Bonchev–Trinajstić information content (AvgIpc) is 2.47. The lowest BCUT2D eigenvalue weighted by Gasteiger charge is -2.08. The molecule has 20 heavy (non-hydrogen) atoms. The minimum absolute atomic E-state index is 0.0731. The number of ether oxygens (including phenoxy) is 2. The highest BCUT2D eigenvalue weighted by atomic mass is 79.9. The van der Waals surface area contributed by atoms with Crippen LogP contribution in [0.2, 0.25) is 0 Å². The summed E-state index contributed by atoms with van der Waals surface area (Å²) in [5.74, 6) is 1.93. The topological polar surface area (TPSA) is 61.6 Å². The number of halogens is 1. The van der Waals surface area contributed by atoms with E-state index >= 15 is 0 Å². The average molecular weight is 338 g/mol. The second kappa shape index (κ2) is 6.38. The second-order valence-corrected chi connectivity index (χ2v) is 4.52. The molecule has 0 aliphatic rings. The second-order valence-electron chi connectivity index (χ2n) is 3.96. The number of benzene rings is 2. The molecular weight excluding hydrogens is 326 g/mol. The van der Waals surface area contributed by atoms with Crippen LogP contribution in [0.4, 0.5) is 5.69 Å². The largest absolute Gasteiger partial charge is 0.497 e. The van der Waals surface area contributed by atoms with Gasteiger partial charge in [0.15, 0.2) is 0 Å². The molecule has 0 unspecified atom stereocenters. The van der Waals surface area contributed by atoms with Crippen LogP contribution in [0, 0.1) is 10.1 Å². The van der Waals surface area contributed by atoms with Crippen molar-refractivity contribution >= 4 is 21.6 Å². The van der Waals surface area contributed by atoms with Crippen LogP contribution in [0.25, 0.3) is 0 Å². The summed E-state index contributed by atoms with van der Waals surface area (Å²) in [5, 5.41) is 11.2. The maximum Gasteiger partial charge on any atom is 0.273 e. The minimum Gasteiger partial charge on any atom is -0.497 e. The molecule has 0 spiro atoms. The van der Waals surface area contributed by atoms with Gasteiger partial charge >= 0.3 is 0 Å². The molecule has 0 bridgehead atoms. The number of nitrogens with zero attached hydrogens (tertiary/aromatic N) is 1. The zero-order valence-corrected chi connectivity index (χ0v) is 12.3. The molecule has 2 aromatic rings. The molecule has 0 heterocycles. The van der Waals surface area contributed by atoms with E-state index < -0.39 is 4.92 Å². The Kier molecular flexibility index (Phi) is 4.57. The van der Waals surface area contributed by atoms with Crippen LogP contribution in [-0.2, 0) is 5.33 Å². The molecule has 6 heteroatoms. The van der Waals surface area contributed by atoms with Crippen LogP contribution in [-0.4, -0.2) is 12.0 Å². The third-order valence-corrected chi connectivity index (χ3v) is 3.29. The lowest BCUT2D eigenvalue weighted by molar-refractivity contribution is -0.385. The smallest absolute Gasteiger partial charge is 0.273 e. The number of hydrogen-bond acceptors (Lipinski definition) is 4. The molecule has 0 saturated heterocycles. The fraction of sp³-hybridized carbons (Fsp3) is 0.143. The number of methoxy groups -OCH3 is 1. The molecule has 0 aliphatic heterocycles. The molecule has 104 valence electrons. The summed E-state index contributed by atoms with van der Waals surface area (Å²) in [5.41, 5.74) is 0.643. The monoisotopic (exact) mass is 337 g/mol. The van der Waals surface area contributed by atoms with Crippen molar-refractivity contribution in [1.82, 2.24) is 0 Å². The van der Waals surface area contributed by atoms with E-state index in [0.717, 1.165) is 5.75 Å². The first-order chi connectivity index (χ1) is 9.63. The van der Waals surface area contributed by atoms with E-state index in [1.54, 1.807) is 43.5 Å². The van der Waals surface area contributed by atoms with E-state index in [2.05, 4.69) is 15.9 Å². The summed E-state index contributed by atoms with van der Waals surface area (Å²) in [4.78, 5) is 10.4. The van der Waals surface area contributed by atoms with E-state index in [4.69, 9.17) is 9.47 Å². The molecule has 2 aromatic carbocycles. The maximum absolute atomic E-state index is 10.9. The normalized spacial score (nSPS) is 10.1. The maximum atomic E-state index is 10.9. The van der Waals surface area contributed by atoms with Gasteiger partial charge in [-0.2, -0.15) is 0 Å². The quantitative estimate of drug-likeness (QED) is 0.463. The molecule has 0 N–H and O–H groups in total. The highest BCUT2D eigenvalue weighted by Gasteiger charge is 2.13. The van der Waals surface area contributed by atoms with Crippen LogP contribution in [0.1, 0.15) is 5.56 Å². The first kappa shape index (κ1) is 14.3. The SMILES string of the molecule is COc1ccc(Oc2ccc([N+](=O)[O-])c(CBr)c2)cc1. The summed E-state index contributed by atoms with van der Waals surface area (Å²) >= 11 is 3.24. The van der Waals surface area contributed by atoms with Gasteiger partial charge in [-0.05, 0) is 36.4 Å². The third kappa shape index (κ3) is 3.27. The Morgan fingerprint density at radius 2 is 1.70 bits per heavy atom. The Hall–Kier alpha value is -2.08. The Morgan fingerprint density at radius 1 is 1.10 bits per heavy atom. The van der Waals surface area contributed by atoms with Crippen molar-refractivity contribution in [2.24, 2.45) is 0 Å². The van der Waals surface area contributed by atoms with Crippen LogP contribution >= 0.6 is 15.9 Å². The van der Waals surface area contributed by atoms with Gasteiger partial charge < -0.3 is 9.47 Å². The highest BCUT2D eigenvalue weighted by Crippen LogP contribution is 2.29. The Labute approximate surface area is 124 Å². The van der Waals surface area contributed by atoms with E-state index in [1.165, 1.54) is 6.07 Å². The van der Waals surface area contributed by atoms with E-state index in [1.807, 2.05) is 0 Å². The number of nitro groups is 1. The van der Waals surface area contributed by atoms with E-state index in [-0.39, 0.29) is 5.69 Å². The van der Waals surface area contributed by atoms with E-state index in [9.17, 15) is 10.1 Å². The third-order valence-electron chi connectivity index (χ3n) is 2.69. The molecular formula is C14H12BrNO4. The Bertz CT molecular complexity index is 613. The Morgan fingerprint density at radius 3 is 2.25 bits per heavy atom. The van der Waals surface area contributed by atoms with Crippen molar-refractivity contribution in [1.29, 1.82) is 0 Å². The summed E-state index contributed by atoms with van der Waals surface area (Å²) in [6, 6.07) is 11.8. The van der Waals surface area contributed by atoms with Crippen molar-refractivity contribution in [2.45, 2.75) is 5.33 Å². The number of rotatable bonds is 5. The van der Waals surface area contributed by atoms with Gasteiger partial charge in [0.25, 0.3) is 5.69 Å². The standard InChI is InChI=1S/C14H12BrNO4/c1-19-11-2-4-12(5-3-11)20-13-6-7-14(16(17)18)10(8-13)9-15/h2-8H,9H2,1H3. The van der Waals surface area contributed by atoms with E-state index in [0.29, 0.717) is 22.4 Å². The fourth-order valence-electron chi connectivity index (χ4n) is 1.69. The minimum atomic E-state index is -0.409. The first-order valence-electron chi connectivity index (χ1n) is 5.79. The van der Waals surface area contributed by atoms with Crippen LogP contribution in [0.5, 0.6) is 17.2 Å². The summed E-state index contributed by atoms with van der Waals surface area (Å²) < 4.78 is 10.7. The van der Waals surface area contributed by atoms with Gasteiger partial charge in [0, 0.05) is 17.0 Å². The van der Waals surface area contributed by atoms with Crippen LogP contribution in [0.3, 0.4) is 0 Å². The predicted molar refractivity (Wildman–Crippen MR) is 78.8 cm³/mol. The summed E-state index contributed by atoms with van der Waals surface area (Å²) in [6.45, 7) is 0. The number of alkyl halides is 1. The molecule has 0 amide bonds. The van der Waals surface area contributed by atoms with Gasteiger partial charge in [0.1, 0.15) is 17.2 Å². The van der Waals surface area contributed by atoms with Crippen molar-refractivity contribution in [3.05, 3.63) is 58.1 Å². The predicted octanol–water partition coefficient (Wildman–Crippen LogP) is 4.29. The molecule has 5 nitrogen and oxygen atoms in total. The fourth-order valence-corrected chi connectivity index (χ4v) is 2.14. The zero-order valence-electron chi connectivity index (χ0n) is 10.7. The van der Waals surface area contributed by atoms with Gasteiger partial charge in [-0.15, -0.1) is 0 Å². The lowest BCUT2D eigenvalue weighted by atomic mass is 10.2. The molecule has 0 aliphatic carbocycles. The summed E-state index contributed by atoms with van der Waals surface area (Å²) in [7, 11) is 1.59. The van der Waals surface area contributed by atoms with Crippen molar-refractivity contribution in [3.8, 4) is 17.2 Å². The van der Waals surface area contributed by atoms with Crippen LogP contribution < -0.4 is 9.47 Å². The first-order valence-corrected chi connectivity index (χ1v) is 6.91. The van der Waals surface area contributed by atoms with Crippen molar-refractivity contribution in [2.75, 3.05) is 7.11 Å². The van der Waals surface area contributed by atoms with Crippen LogP contribution in [0.15, 0.2) is 42.5 Å². The molecule has 2 rings (SSSR count). The number of hydrogen-bond donors (Lipinski definition) is 0. The molecule has 0 saturated carbocycles. The molecule has 0 fully saturated rings. The molecule has 0 atom stereocenters. The summed E-state index contributed by atoms with van der Waals surface area (Å²) in [6.07, 6.45) is 0.